The van der Waals surface area contributed by atoms with Crippen molar-refractivity contribution in [1.82, 2.24) is 4.98 Å². The number of fused-ring (bicyclic) bond motifs is 2. The predicted octanol–water partition coefficient (Wildman–Crippen LogP) is 5.68. The van der Waals surface area contributed by atoms with Gasteiger partial charge in [0.25, 0.3) is 0 Å². The third kappa shape index (κ3) is 4.74. The minimum absolute atomic E-state index is 0.0556. The lowest BCUT2D eigenvalue weighted by Crippen LogP contribution is -2.48. The number of ether oxygens (including phenoxy) is 1. The molecule has 1 aliphatic heterocycles. The van der Waals surface area contributed by atoms with Crippen molar-refractivity contribution in [2.75, 3.05) is 12.4 Å². The molecule has 0 radical (unpaired) electrons. The molecule has 4 aromatic rings. The lowest BCUT2D eigenvalue weighted by atomic mass is 9.84. The number of hydrogen-bond acceptors (Lipinski definition) is 4. The van der Waals surface area contributed by atoms with Crippen molar-refractivity contribution in [2.45, 2.75) is 45.4 Å². The Labute approximate surface area is 203 Å². The summed E-state index contributed by atoms with van der Waals surface area (Å²) >= 11 is 0. The maximum atomic E-state index is 15.3. The SMILES string of the molecule is COc1ccc(CN)cc1.Cc1c[nH]c2c(-c3c(F)cc4c(c3F)CC(O)C(C)(C)N4)cccc12. The Hall–Kier alpha value is -3.42. The normalized spacial score (nSPS) is 16.2. The number of para-hydroxylation sites is 1. The molecule has 0 saturated carbocycles. The molecule has 2 heterocycles. The number of aliphatic hydroxyl groups excluding tert-OH is 1. The van der Waals surface area contributed by atoms with E-state index in [4.69, 9.17) is 10.5 Å². The lowest BCUT2D eigenvalue weighted by Gasteiger charge is -2.38. The van der Waals surface area contributed by atoms with Gasteiger partial charge in [-0.25, -0.2) is 8.78 Å². The van der Waals surface area contributed by atoms with Gasteiger partial charge in [-0.2, -0.15) is 0 Å². The summed E-state index contributed by atoms with van der Waals surface area (Å²) in [6, 6.07) is 14.5. The van der Waals surface area contributed by atoms with E-state index >= 15 is 4.39 Å². The molecule has 3 aromatic carbocycles. The van der Waals surface area contributed by atoms with E-state index in [-0.39, 0.29) is 12.0 Å². The minimum Gasteiger partial charge on any atom is -0.497 e. The molecule has 0 saturated heterocycles. The van der Waals surface area contributed by atoms with Gasteiger partial charge in [-0.3, -0.25) is 0 Å². The van der Waals surface area contributed by atoms with Crippen LogP contribution in [0.4, 0.5) is 14.5 Å². The third-order valence-corrected chi connectivity index (χ3v) is 6.59. The average Bonchev–Trinajstić information content (AvgIpc) is 3.22. The Morgan fingerprint density at radius 3 is 2.51 bits per heavy atom. The molecule has 1 unspecified atom stereocenters. The van der Waals surface area contributed by atoms with Gasteiger partial charge in [0.2, 0.25) is 0 Å². The van der Waals surface area contributed by atoms with Gasteiger partial charge in [-0.1, -0.05) is 30.3 Å². The standard InChI is InChI=1S/C20H20F2N2O.C8H11NO/c1-10-9-23-19-11(10)5-4-6-12(19)17-14(21)8-15-13(18(17)22)7-16(25)20(2,3)24-15;1-10-8-4-2-7(6-9)3-5-8/h4-6,8-9,16,23-25H,7H2,1-3H3;2-5H,6,9H2,1H3. The largest absolute Gasteiger partial charge is 0.497 e. The fourth-order valence-corrected chi connectivity index (χ4v) is 4.36. The van der Waals surface area contributed by atoms with Crippen molar-refractivity contribution in [3.8, 4) is 16.9 Å². The second kappa shape index (κ2) is 9.68. The Kier molecular flexibility index (Phi) is 6.83. The number of aromatic amines is 1. The van der Waals surface area contributed by atoms with Crippen LogP contribution >= 0.6 is 0 Å². The fraction of sp³-hybridized carbons (Fsp3) is 0.286. The highest BCUT2D eigenvalue weighted by molar-refractivity contribution is 5.96. The number of methoxy groups -OCH3 is 1. The molecule has 0 spiro atoms. The zero-order valence-electron chi connectivity index (χ0n) is 20.4. The van der Waals surface area contributed by atoms with Crippen molar-refractivity contribution in [3.63, 3.8) is 0 Å². The third-order valence-electron chi connectivity index (χ3n) is 6.59. The number of nitrogens with two attached hydrogens (primary N) is 1. The Bertz CT molecular complexity index is 1320. The monoisotopic (exact) mass is 479 g/mol. The highest BCUT2D eigenvalue weighted by Crippen LogP contribution is 2.40. The highest BCUT2D eigenvalue weighted by atomic mass is 19.1. The van der Waals surface area contributed by atoms with Crippen molar-refractivity contribution < 1.29 is 18.6 Å². The van der Waals surface area contributed by atoms with Crippen molar-refractivity contribution >= 4 is 16.6 Å². The quantitative estimate of drug-likeness (QED) is 0.305. The van der Waals surface area contributed by atoms with Gasteiger partial charge >= 0.3 is 0 Å². The lowest BCUT2D eigenvalue weighted by molar-refractivity contribution is 0.109. The number of nitrogens with one attached hydrogen (secondary N) is 2. The van der Waals surface area contributed by atoms with Crippen LogP contribution in [0.2, 0.25) is 0 Å². The molecule has 0 amide bonds. The van der Waals surface area contributed by atoms with Crippen LogP contribution < -0.4 is 15.8 Å². The van der Waals surface area contributed by atoms with Gasteiger partial charge in [0.05, 0.1) is 29.8 Å². The molecule has 0 bridgehead atoms. The average molecular weight is 480 g/mol. The van der Waals surface area contributed by atoms with Crippen molar-refractivity contribution in [3.05, 3.63) is 83.1 Å². The summed E-state index contributed by atoms with van der Waals surface area (Å²) in [4.78, 5) is 3.11. The van der Waals surface area contributed by atoms with E-state index in [2.05, 4.69) is 10.3 Å². The van der Waals surface area contributed by atoms with Gasteiger partial charge in [0.1, 0.15) is 17.4 Å². The summed E-state index contributed by atoms with van der Waals surface area (Å²) in [5.41, 5.74) is 8.79. The fourth-order valence-electron chi connectivity index (χ4n) is 4.36. The molecule has 1 aromatic heterocycles. The topological polar surface area (TPSA) is 83.3 Å². The van der Waals surface area contributed by atoms with Gasteiger partial charge in [0.15, 0.2) is 0 Å². The van der Waals surface area contributed by atoms with Crippen molar-refractivity contribution in [1.29, 1.82) is 0 Å². The molecule has 5 nitrogen and oxygen atoms in total. The van der Waals surface area contributed by atoms with Crippen LogP contribution in [-0.2, 0) is 13.0 Å². The van der Waals surface area contributed by atoms with Gasteiger partial charge in [-0.15, -0.1) is 0 Å². The molecule has 1 aliphatic rings. The molecule has 5 N–H and O–H groups in total. The molecule has 1 atom stereocenters. The van der Waals surface area contributed by atoms with Crippen LogP contribution in [0, 0.1) is 18.6 Å². The van der Waals surface area contributed by atoms with Crippen LogP contribution in [0.3, 0.4) is 0 Å². The number of halogens is 2. The zero-order chi connectivity index (χ0) is 25.3. The first kappa shape index (κ1) is 24.7. The van der Waals surface area contributed by atoms with Gasteiger partial charge in [-0.05, 0) is 50.1 Å². The molecular weight excluding hydrogens is 448 g/mol. The van der Waals surface area contributed by atoms with E-state index in [0.717, 1.165) is 22.3 Å². The second-order valence-corrected chi connectivity index (χ2v) is 9.39. The van der Waals surface area contributed by atoms with Gasteiger partial charge < -0.3 is 25.9 Å². The summed E-state index contributed by atoms with van der Waals surface area (Å²) in [6.07, 6.45) is 1.22. The summed E-state index contributed by atoms with van der Waals surface area (Å²) in [7, 11) is 1.65. The molecular formula is C28H31F2N3O2. The van der Waals surface area contributed by atoms with E-state index in [0.29, 0.717) is 28.9 Å². The maximum absolute atomic E-state index is 15.3. The van der Waals surface area contributed by atoms with Crippen LogP contribution in [0.25, 0.3) is 22.0 Å². The Morgan fingerprint density at radius 1 is 1.14 bits per heavy atom. The van der Waals surface area contributed by atoms with E-state index in [1.807, 2.05) is 57.3 Å². The van der Waals surface area contributed by atoms with E-state index in [9.17, 15) is 9.50 Å². The van der Waals surface area contributed by atoms with Crippen molar-refractivity contribution in [2.24, 2.45) is 5.73 Å². The van der Waals surface area contributed by atoms with Crippen LogP contribution in [0.5, 0.6) is 5.75 Å². The number of aromatic nitrogens is 1. The first-order valence-electron chi connectivity index (χ1n) is 11.5. The van der Waals surface area contributed by atoms with E-state index in [1.165, 1.54) is 6.07 Å². The summed E-state index contributed by atoms with van der Waals surface area (Å²) in [5, 5.41) is 14.3. The summed E-state index contributed by atoms with van der Waals surface area (Å²) in [6.45, 7) is 6.16. The number of aliphatic hydroxyl groups is 1. The zero-order valence-corrected chi connectivity index (χ0v) is 20.4. The second-order valence-electron chi connectivity index (χ2n) is 9.39. The molecule has 0 aliphatic carbocycles. The minimum atomic E-state index is -0.753. The first-order chi connectivity index (χ1) is 16.7. The first-order valence-corrected chi connectivity index (χ1v) is 11.5. The Morgan fingerprint density at radius 2 is 1.86 bits per heavy atom. The van der Waals surface area contributed by atoms with E-state index < -0.39 is 23.3 Å². The predicted molar refractivity (Wildman–Crippen MR) is 137 cm³/mol. The summed E-state index contributed by atoms with van der Waals surface area (Å²) in [5.74, 6) is -0.357. The van der Waals surface area contributed by atoms with Gasteiger partial charge in [0, 0.05) is 41.4 Å². The molecule has 5 rings (SSSR count). The number of H-pyrrole nitrogens is 1. The Balaban J connectivity index is 0.000000243. The number of benzene rings is 3. The number of hydrogen-bond donors (Lipinski definition) is 4. The number of rotatable bonds is 3. The van der Waals surface area contributed by atoms with Crippen LogP contribution in [0.1, 0.15) is 30.5 Å². The molecule has 7 heteroatoms. The van der Waals surface area contributed by atoms with Crippen LogP contribution in [-0.4, -0.2) is 28.8 Å². The molecule has 184 valence electrons. The maximum Gasteiger partial charge on any atom is 0.139 e. The smallest absolute Gasteiger partial charge is 0.139 e. The summed E-state index contributed by atoms with van der Waals surface area (Å²) < 4.78 is 35.1. The number of aryl methyl sites for hydroxylation is 1. The highest BCUT2D eigenvalue weighted by Gasteiger charge is 2.36. The van der Waals surface area contributed by atoms with E-state index in [1.54, 1.807) is 19.2 Å². The van der Waals surface area contributed by atoms with Crippen LogP contribution in [0.15, 0.2) is 54.7 Å². The molecule has 0 fully saturated rings. The number of anilines is 1. The molecule has 35 heavy (non-hydrogen) atoms.